The summed E-state index contributed by atoms with van der Waals surface area (Å²) in [5.74, 6) is -0.0449. The molecule has 3 nitrogen and oxygen atoms in total. The van der Waals surface area contributed by atoms with Crippen molar-refractivity contribution in [1.82, 2.24) is 0 Å². The van der Waals surface area contributed by atoms with Gasteiger partial charge in [0.15, 0.2) is 0 Å². The quantitative estimate of drug-likeness (QED) is 0.258. The minimum Gasteiger partial charge on any atom is -0.466 e. The third-order valence-corrected chi connectivity index (χ3v) is 4.55. The van der Waals surface area contributed by atoms with Gasteiger partial charge in [-0.3, -0.25) is 4.79 Å². The highest BCUT2D eigenvalue weighted by molar-refractivity contribution is 5.69. The van der Waals surface area contributed by atoms with Crippen LogP contribution in [0.1, 0.15) is 84.5 Å². The molecule has 22 heavy (non-hydrogen) atoms. The Morgan fingerprint density at radius 3 is 1.77 bits per heavy atom. The summed E-state index contributed by atoms with van der Waals surface area (Å²) in [4.78, 5) is 11.7. The molecular weight excluding hydrogens is 274 g/mol. The van der Waals surface area contributed by atoms with Gasteiger partial charge in [0.2, 0.25) is 0 Å². The molecule has 0 amide bonds. The Kier molecular flexibility index (Phi) is 12.6. The second kappa shape index (κ2) is 12.9. The summed E-state index contributed by atoms with van der Waals surface area (Å²) in [5.41, 5.74) is 0. The number of carbonyl (C=O) groups excluding carboxylic acids is 1. The van der Waals surface area contributed by atoms with E-state index < -0.39 is 0 Å². The number of esters is 1. The van der Waals surface area contributed by atoms with Crippen molar-refractivity contribution in [1.29, 1.82) is 0 Å². The van der Waals surface area contributed by atoms with Crippen LogP contribution in [-0.4, -0.2) is 44.2 Å². The van der Waals surface area contributed by atoms with Crippen molar-refractivity contribution in [2.45, 2.75) is 90.5 Å². The molecule has 0 rings (SSSR count). The number of rotatable bonds is 14. The molecule has 1 unspecified atom stereocenters. The normalized spacial score (nSPS) is 13.1. The summed E-state index contributed by atoms with van der Waals surface area (Å²) < 4.78 is 6.13. The van der Waals surface area contributed by atoms with E-state index >= 15 is 0 Å². The summed E-state index contributed by atoms with van der Waals surface area (Å²) in [6, 6.07) is 0.306. The topological polar surface area (TPSA) is 26.3 Å². The van der Waals surface area contributed by atoms with Crippen LogP contribution in [0.2, 0.25) is 0 Å². The second-order valence-corrected chi connectivity index (χ2v) is 7.57. The van der Waals surface area contributed by atoms with Crippen molar-refractivity contribution in [2.75, 3.05) is 27.7 Å². The molecule has 3 heteroatoms. The van der Waals surface area contributed by atoms with Gasteiger partial charge in [0.05, 0.1) is 40.2 Å². The van der Waals surface area contributed by atoms with Crippen molar-refractivity contribution in [2.24, 2.45) is 0 Å². The Morgan fingerprint density at radius 1 is 0.864 bits per heavy atom. The number of quaternary nitrogens is 1. The van der Waals surface area contributed by atoms with Crippen LogP contribution in [0.15, 0.2) is 0 Å². The molecule has 1 atom stereocenters. The van der Waals surface area contributed by atoms with Gasteiger partial charge in [0, 0.05) is 0 Å². The van der Waals surface area contributed by atoms with Gasteiger partial charge >= 0.3 is 5.97 Å². The molecule has 0 radical (unpaired) electrons. The van der Waals surface area contributed by atoms with Crippen molar-refractivity contribution in [3.05, 3.63) is 0 Å². The number of hydrogen-bond donors (Lipinski definition) is 0. The van der Waals surface area contributed by atoms with Gasteiger partial charge < -0.3 is 9.22 Å². The minimum atomic E-state index is -0.0449. The highest BCUT2D eigenvalue weighted by Crippen LogP contribution is 2.11. The van der Waals surface area contributed by atoms with Crippen LogP contribution in [0.3, 0.4) is 0 Å². The molecular formula is C19H40NO2+. The number of ether oxygens (including phenoxy) is 1. The van der Waals surface area contributed by atoms with Crippen LogP contribution in [0, 0.1) is 0 Å². The first-order chi connectivity index (χ1) is 10.4. The van der Waals surface area contributed by atoms with Crippen molar-refractivity contribution >= 4 is 5.97 Å². The smallest absolute Gasteiger partial charge is 0.311 e. The maximum absolute atomic E-state index is 11.7. The van der Waals surface area contributed by atoms with Gasteiger partial charge in [-0.15, -0.1) is 0 Å². The van der Waals surface area contributed by atoms with Gasteiger partial charge in [-0.25, -0.2) is 0 Å². The zero-order valence-electron chi connectivity index (χ0n) is 15.8. The lowest BCUT2D eigenvalue weighted by molar-refractivity contribution is -0.893. The first-order valence-electron chi connectivity index (χ1n) is 9.34. The van der Waals surface area contributed by atoms with Crippen molar-refractivity contribution in [3.8, 4) is 0 Å². The first-order valence-corrected chi connectivity index (χ1v) is 9.34. The monoisotopic (exact) mass is 314 g/mol. The Morgan fingerprint density at radius 2 is 1.32 bits per heavy atom. The molecule has 0 saturated heterocycles. The van der Waals surface area contributed by atoms with E-state index in [0.717, 1.165) is 10.9 Å². The third-order valence-electron chi connectivity index (χ3n) is 4.55. The van der Waals surface area contributed by atoms with Crippen LogP contribution in [0.4, 0.5) is 0 Å². The van der Waals surface area contributed by atoms with Crippen molar-refractivity contribution in [3.63, 3.8) is 0 Å². The highest BCUT2D eigenvalue weighted by atomic mass is 16.5. The van der Waals surface area contributed by atoms with Gasteiger partial charge in [0.1, 0.15) is 0 Å². The molecule has 0 aliphatic heterocycles. The maximum Gasteiger partial charge on any atom is 0.311 e. The summed E-state index contributed by atoms with van der Waals surface area (Å²) in [5, 5.41) is 0. The molecule has 0 spiro atoms. The fourth-order valence-corrected chi connectivity index (χ4v) is 2.35. The van der Waals surface area contributed by atoms with E-state index in [2.05, 4.69) is 35.0 Å². The van der Waals surface area contributed by atoms with Crippen LogP contribution in [0.5, 0.6) is 0 Å². The Labute approximate surface area is 139 Å². The number of nitrogens with zero attached hydrogens (tertiary/aromatic N) is 1. The van der Waals surface area contributed by atoms with Gasteiger partial charge in [-0.05, 0) is 13.3 Å². The molecule has 0 aliphatic rings. The third kappa shape index (κ3) is 13.1. The molecule has 0 fully saturated rings. The lowest BCUT2D eigenvalue weighted by Gasteiger charge is -2.30. The van der Waals surface area contributed by atoms with Crippen LogP contribution in [-0.2, 0) is 9.53 Å². The minimum absolute atomic E-state index is 0.0449. The molecule has 0 N–H and O–H groups in total. The SMILES string of the molecule is CCCCCCCCCCCCOC(=O)CC(C)[N+](C)(C)C. The first kappa shape index (κ1) is 21.4. The van der Waals surface area contributed by atoms with E-state index in [1.807, 2.05) is 0 Å². The standard InChI is InChI=1S/C19H40NO2/c1-6-7-8-9-10-11-12-13-14-15-16-22-19(21)17-18(2)20(3,4)5/h18H,6-17H2,1-5H3/q+1. The molecule has 0 aromatic rings. The van der Waals surface area contributed by atoms with E-state index in [1.54, 1.807) is 0 Å². The van der Waals surface area contributed by atoms with E-state index in [-0.39, 0.29) is 5.97 Å². The van der Waals surface area contributed by atoms with Gasteiger partial charge in [-0.2, -0.15) is 0 Å². The number of unbranched alkanes of at least 4 members (excludes halogenated alkanes) is 9. The second-order valence-electron chi connectivity index (χ2n) is 7.57. The zero-order valence-corrected chi connectivity index (χ0v) is 15.8. The van der Waals surface area contributed by atoms with Crippen LogP contribution in [0.25, 0.3) is 0 Å². The Balaban J connectivity index is 3.34. The predicted molar refractivity (Wildman–Crippen MR) is 94.9 cm³/mol. The Hall–Kier alpha value is -0.570. The van der Waals surface area contributed by atoms with Crippen molar-refractivity contribution < 1.29 is 14.0 Å². The zero-order chi connectivity index (χ0) is 16.8. The van der Waals surface area contributed by atoms with E-state index in [4.69, 9.17) is 4.74 Å². The molecule has 0 heterocycles. The summed E-state index contributed by atoms with van der Waals surface area (Å²) in [6.45, 7) is 4.96. The van der Waals surface area contributed by atoms with Gasteiger partial charge in [0.25, 0.3) is 0 Å². The fraction of sp³-hybridized carbons (Fsp3) is 0.947. The average molecular weight is 315 g/mol. The summed E-state index contributed by atoms with van der Waals surface area (Å²) in [7, 11) is 6.33. The van der Waals surface area contributed by atoms with E-state index in [1.165, 1.54) is 57.8 Å². The van der Waals surface area contributed by atoms with E-state index in [9.17, 15) is 4.79 Å². The van der Waals surface area contributed by atoms with Gasteiger partial charge in [-0.1, -0.05) is 64.7 Å². The fourth-order valence-electron chi connectivity index (χ4n) is 2.35. The molecule has 0 bridgehead atoms. The molecule has 0 saturated carbocycles. The average Bonchev–Trinajstić information content (AvgIpc) is 2.43. The van der Waals surface area contributed by atoms with Crippen LogP contribution >= 0.6 is 0 Å². The lowest BCUT2D eigenvalue weighted by Crippen LogP contribution is -2.44. The molecule has 132 valence electrons. The number of hydrogen-bond acceptors (Lipinski definition) is 2. The molecule has 0 aromatic carbocycles. The van der Waals surface area contributed by atoms with Crippen LogP contribution < -0.4 is 0 Å². The van der Waals surface area contributed by atoms with E-state index in [0.29, 0.717) is 19.1 Å². The molecule has 0 aromatic heterocycles. The molecule has 0 aliphatic carbocycles. The lowest BCUT2D eigenvalue weighted by atomic mass is 10.1. The maximum atomic E-state index is 11.7. The summed E-state index contributed by atoms with van der Waals surface area (Å²) >= 11 is 0. The predicted octanol–water partition coefficient (Wildman–Crippen LogP) is 4.94. The highest BCUT2D eigenvalue weighted by Gasteiger charge is 2.22. The summed E-state index contributed by atoms with van der Waals surface area (Å²) in [6.07, 6.45) is 13.6. The number of carbonyl (C=O) groups is 1. The largest absolute Gasteiger partial charge is 0.466 e. The Bertz CT molecular complexity index is 271.